The molecule has 1 aromatic carbocycles. The van der Waals surface area contributed by atoms with Gasteiger partial charge in [0.05, 0.1) is 14.2 Å². The van der Waals surface area contributed by atoms with Crippen molar-refractivity contribution in [3.05, 3.63) is 33.9 Å². The lowest BCUT2D eigenvalue weighted by Crippen LogP contribution is -2.03. The average molecular weight is 325 g/mol. The summed E-state index contributed by atoms with van der Waals surface area (Å²) < 4.78 is 11.3. The van der Waals surface area contributed by atoms with E-state index in [2.05, 4.69) is 33.8 Å². The molecule has 0 amide bonds. The van der Waals surface area contributed by atoms with Gasteiger partial charge in [-0.2, -0.15) is 0 Å². The van der Waals surface area contributed by atoms with Gasteiger partial charge in [-0.3, -0.25) is 0 Å². The summed E-state index contributed by atoms with van der Waals surface area (Å²) in [6.07, 6.45) is 6.51. The molecule has 0 heterocycles. The Morgan fingerprint density at radius 3 is 2.09 bits per heavy atom. The summed E-state index contributed by atoms with van der Waals surface area (Å²) >= 11 is 5.73. The SMILES string of the molecule is COc1c(C)c(C)c(OC)c(C/C=C(\C)CCCCCl)c1C. The standard InChI is InChI=1S/C19H29ClO2/c1-13(9-7-8-12-20)10-11-17-16(4)18(21-5)14(2)15(3)19(17)22-6/h10H,7-9,11-12H2,1-6H3/b13-10+. The summed E-state index contributed by atoms with van der Waals surface area (Å²) in [5.74, 6) is 2.70. The van der Waals surface area contributed by atoms with Gasteiger partial charge in [0.2, 0.25) is 0 Å². The van der Waals surface area contributed by atoms with E-state index in [0.29, 0.717) is 0 Å². The molecule has 124 valence electrons. The summed E-state index contributed by atoms with van der Waals surface area (Å²) in [6.45, 7) is 8.48. The summed E-state index contributed by atoms with van der Waals surface area (Å²) in [5, 5.41) is 0. The van der Waals surface area contributed by atoms with Gasteiger partial charge in [-0.05, 0) is 70.1 Å². The van der Waals surface area contributed by atoms with Gasteiger partial charge in [-0.15, -0.1) is 11.6 Å². The molecule has 0 atom stereocenters. The minimum atomic E-state index is 0.745. The second kappa shape index (κ2) is 9.09. The van der Waals surface area contributed by atoms with Gasteiger partial charge in [0.1, 0.15) is 11.5 Å². The fraction of sp³-hybridized carbons (Fsp3) is 0.579. The Morgan fingerprint density at radius 1 is 0.955 bits per heavy atom. The van der Waals surface area contributed by atoms with E-state index in [4.69, 9.17) is 21.1 Å². The van der Waals surface area contributed by atoms with E-state index in [1.165, 1.54) is 16.7 Å². The molecule has 0 bridgehead atoms. The zero-order valence-electron chi connectivity index (χ0n) is 14.8. The second-order valence-corrected chi connectivity index (χ2v) is 6.20. The van der Waals surface area contributed by atoms with Gasteiger partial charge in [0, 0.05) is 11.4 Å². The smallest absolute Gasteiger partial charge is 0.126 e. The second-order valence-electron chi connectivity index (χ2n) is 5.82. The maximum absolute atomic E-state index is 5.73. The number of rotatable bonds is 8. The molecule has 0 aliphatic carbocycles. The number of hydrogen-bond donors (Lipinski definition) is 0. The van der Waals surface area contributed by atoms with Crippen molar-refractivity contribution < 1.29 is 9.47 Å². The van der Waals surface area contributed by atoms with E-state index in [9.17, 15) is 0 Å². The predicted octanol–water partition coefficient (Wildman–Crippen LogP) is 5.53. The third-order valence-electron chi connectivity index (χ3n) is 4.33. The average Bonchev–Trinajstić information content (AvgIpc) is 2.50. The molecule has 2 nitrogen and oxygen atoms in total. The number of hydrogen-bond acceptors (Lipinski definition) is 2. The molecule has 0 radical (unpaired) electrons. The predicted molar refractivity (Wildman–Crippen MR) is 95.8 cm³/mol. The zero-order valence-corrected chi connectivity index (χ0v) is 15.6. The van der Waals surface area contributed by atoms with E-state index in [0.717, 1.165) is 54.2 Å². The molecular formula is C19H29ClO2. The van der Waals surface area contributed by atoms with E-state index < -0.39 is 0 Å². The highest BCUT2D eigenvalue weighted by atomic mass is 35.5. The number of unbranched alkanes of at least 4 members (excludes halogenated alkanes) is 1. The van der Waals surface area contributed by atoms with Gasteiger partial charge in [-0.1, -0.05) is 11.6 Å². The summed E-state index contributed by atoms with van der Waals surface area (Å²) in [7, 11) is 3.48. The Morgan fingerprint density at radius 2 is 1.55 bits per heavy atom. The first-order chi connectivity index (χ1) is 10.5. The quantitative estimate of drug-likeness (QED) is 0.356. The van der Waals surface area contributed by atoms with Crippen molar-refractivity contribution in [2.45, 2.75) is 53.4 Å². The third-order valence-corrected chi connectivity index (χ3v) is 4.60. The van der Waals surface area contributed by atoms with E-state index in [1.807, 2.05) is 0 Å². The molecule has 0 fully saturated rings. The lowest BCUT2D eigenvalue weighted by Gasteiger charge is -2.20. The van der Waals surface area contributed by atoms with E-state index >= 15 is 0 Å². The molecule has 0 unspecified atom stereocenters. The van der Waals surface area contributed by atoms with Crippen LogP contribution in [0.15, 0.2) is 11.6 Å². The van der Waals surface area contributed by atoms with Gasteiger partial charge >= 0.3 is 0 Å². The van der Waals surface area contributed by atoms with Crippen molar-refractivity contribution in [2.24, 2.45) is 0 Å². The number of ether oxygens (including phenoxy) is 2. The molecule has 0 spiro atoms. The monoisotopic (exact) mass is 324 g/mol. The lowest BCUT2D eigenvalue weighted by molar-refractivity contribution is 0.391. The molecule has 1 rings (SSSR count). The van der Waals surface area contributed by atoms with Crippen LogP contribution < -0.4 is 9.47 Å². The molecule has 0 aromatic heterocycles. The molecule has 0 saturated heterocycles. The number of methoxy groups -OCH3 is 2. The van der Waals surface area contributed by atoms with Crippen molar-refractivity contribution in [1.82, 2.24) is 0 Å². The maximum atomic E-state index is 5.73. The van der Waals surface area contributed by atoms with Crippen LogP contribution in [0.2, 0.25) is 0 Å². The number of halogens is 1. The number of benzene rings is 1. The first-order valence-electron chi connectivity index (χ1n) is 7.90. The summed E-state index contributed by atoms with van der Waals surface area (Å²) in [6, 6.07) is 0. The fourth-order valence-electron chi connectivity index (χ4n) is 2.86. The fourth-order valence-corrected chi connectivity index (χ4v) is 3.05. The van der Waals surface area contributed by atoms with Crippen molar-refractivity contribution in [3.8, 4) is 11.5 Å². The van der Waals surface area contributed by atoms with Crippen LogP contribution in [0.3, 0.4) is 0 Å². The van der Waals surface area contributed by atoms with Gasteiger partial charge in [-0.25, -0.2) is 0 Å². The van der Waals surface area contributed by atoms with Gasteiger partial charge in [0.15, 0.2) is 0 Å². The Balaban J connectivity index is 3.08. The van der Waals surface area contributed by atoms with Crippen molar-refractivity contribution in [3.63, 3.8) is 0 Å². The third kappa shape index (κ3) is 4.42. The van der Waals surface area contributed by atoms with Crippen LogP contribution >= 0.6 is 11.6 Å². The normalized spacial score (nSPS) is 11.7. The maximum Gasteiger partial charge on any atom is 0.126 e. The molecular weight excluding hydrogens is 296 g/mol. The van der Waals surface area contributed by atoms with Crippen LogP contribution in [-0.2, 0) is 6.42 Å². The van der Waals surface area contributed by atoms with Crippen molar-refractivity contribution in [2.75, 3.05) is 20.1 Å². The molecule has 0 N–H and O–H groups in total. The molecule has 22 heavy (non-hydrogen) atoms. The largest absolute Gasteiger partial charge is 0.496 e. The Bertz CT molecular complexity index is 533. The lowest BCUT2D eigenvalue weighted by atomic mass is 9.94. The van der Waals surface area contributed by atoms with Crippen LogP contribution in [0.25, 0.3) is 0 Å². The zero-order chi connectivity index (χ0) is 16.7. The highest BCUT2D eigenvalue weighted by Gasteiger charge is 2.17. The number of alkyl halides is 1. The molecule has 0 aliphatic rings. The highest BCUT2D eigenvalue weighted by molar-refractivity contribution is 6.17. The van der Waals surface area contributed by atoms with Crippen LogP contribution in [0, 0.1) is 20.8 Å². The van der Waals surface area contributed by atoms with Gasteiger partial charge < -0.3 is 9.47 Å². The minimum absolute atomic E-state index is 0.745. The summed E-state index contributed by atoms with van der Waals surface area (Å²) in [4.78, 5) is 0. The molecule has 3 heteroatoms. The van der Waals surface area contributed by atoms with Gasteiger partial charge in [0.25, 0.3) is 0 Å². The van der Waals surface area contributed by atoms with Crippen LogP contribution in [0.5, 0.6) is 11.5 Å². The molecule has 0 aliphatic heterocycles. The number of allylic oxidation sites excluding steroid dienone is 2. The molecule has 0 saturated carbocycles. The van der Waals surface area contributed by atoms with E-state index in [-0.39, 0.29) is 0 Å². The van der Waals surface area contributed by atoms with Crippen molar-refractivity contribution >= 4 is 11.6 Å². The molecule has 1 aromatic rings. The minimum Gasteiger partial charge on any atom is -0.496 e. The first-order valence-corrected chi connectivity index (χ1v) is 8.43. The van der Waals surface area contributed by atoms with Crippen LogP contribution in [0.4, 0.5) is 0 Å². The van der Waals surface area contributed by atoms with Crippen LogP contribution in [-0.4, -0.2) is 20.1 Å². The Hall–Kier alpha value is -1.15. The topological polar surface area (TPSA) is 18.5 Å². The Kier molecular flexibility index (Phi) is 7.81. The van der Waals surface area contributed by atoms with E-state index in [1.54, 1.807) is 14.2 Å². The van der Waals surface area contributed by atoms with Crippen molar-refractivity contribution in [1.29, 1.82) is 0 Å². The Labute approximate surface area is 140 Å². The highest BCUT2D eigenvalue weighted by Crippen LogP contribution is 2.38. The summed E-state index contributed by atoms with van der Waals surface area (Å²) in [5.41, 5.74) is 6.12. The first kappa shape index (κ1) is 18.9. The van der Waals surface area contributed by atoms with Crippen LogP contribution in [0.1, 0.15) is 48.4 Å².